The molecule has 0 atom stereocenters. The molecule has 1 aromatic carbocycles. The molecule has 1 aliphatic carbocycles. The normalized spacial score (nSPS) is 13.2. The summed E-state index contributed by atoms with van der Waals surface area (Å²) in [7, 11) is 0. The summed E-state index contributed by atoms with van der Waals surface area (Å²) in [6.45, 7) is 3.57. The van der Waals surface area contributed by atoms with Crippen LogP contribution in [0.25, 0.3) is 22.2 Å². The van der Waals surface area contributed by atoms with Crippen molar-refractivity contribution in [3.05, 3.63) is 88.7 Å². The number of halogens is 4. The second-order valence-electron chi connectivity index (χ2n) is 6.92. The van der Waals surface area contributed by atoms with Crippen LogP contribution < -0.4 is 5.32 Å². The highest BCUT2D eigenvalue weighted by atomic mass is 19.4. The van der Waals surface area contributed by atoms with E-state index in [0.717, 1.165) is 5.57 Å². The fourth-order valence-electron chi connectivity index (χ4n) is 3.17. The second-order valence-corrected chi connectivity index (χ2v) is 6.92. The first kappa shape index (κ1) is 20.4. The predicted molar refractivity (Wildman–Crippen MR) is 109 cm³/mol. The Morgan fingerprint density at radius 1 is 1.10 bits per heavy atom. The lowest BCUT2D eigenvalue weighted by Gasteiger charge is -2.15. The smallest absolute Gasteiger partial charge is 0.450 e. The van der Waals surface area contributed by atoms with Gasteiger partial charge in [0.05, 0.1) is 23.7 Å². The van der Waals surface area contributed by atoms with E-state index in [-0.39, 0.29) is 33.6 Å². The van der Waals surface area contributed by atoms with E-state index in [1.54, 1.807) is 26.0 Å². The van der Waals surface area contributed by atoms with Gasteiger partial charge in [0.25, 0.3) is 0 Å². The van der Waals surface area contributed by atoms with Gasteiger partial charge in [0, 0.05) is 16.7 Å². The van der Waals surface area contributed by atoms with E-state index in [1.807, 2.05) is 0 Å². The molecule has 0 saturated carbocycles. The molecule has 3 aromatic rings. The first-order valence-corrected chi connectivity index (χ1v) is 9.19. The number of allylic oxidation sites excluding steroid dienone is 4. The summed E-state index contributed by atoms with van der Waals surface area (Å²) in [6, 6.07) is 6.20. The maximum atomic E-state index is 14.1. The number of rotatable bonds is 4. The summed E-state index contributed by atoms with van der Waals surface area (Å²) in [4.78, 5) is 8.34. The molecule has 8 heteroatoms. The van der Waals surface area contributed by atoms with Crippen molar-refractivity contribution in [2.45, 2.75) is 20.0 Å². The molecule has 0 aliphatic heterocycles. The average molecular weight is 425 g/mol. The Hall–Kier alpha value is -3.86. The molecule has 156 valence electrons. The van der Waals surface area contributed by atoms with Gasteiger partial charge in [0.1, 0.15) is 11.4 Å². The molecule has 1 aliphatic rings. The standard InChI is InChI=1S/C23H15F4N3O/c1-13(2)21(14-7-3-5-9-16(14)24)30-19-12-28-17(11-29-19)20-15-8-4-6-10-18(15)31-22(20)23(25,26)27/h3-4,6-8,10-12H,1-2H3,(H,29,30). The van der Waals surface area contributed by atoms with Gasteiger partial charge in [-0.05, 0) is 37.8 Å². The number of hydrogen-bond donors (Lipinski definition) is 1. The van der Waals surface area contributed by atoms with Gasteiger partial charge in [0.15, 0.2) is 5.83 Å². The molecule has 0 fully saturated rings. The molecule has 4 nitrogen and oxygen atoms in total. The van der Waals surface area contributed by atoms with Crippen LogP contribution in [-0.2, 0) is 6.18 Å². The number of nitrogens with one attached hydrogen (secondary N) is 1. The highest BCUT2D eigenvalue weighted by molar-refractivity contribution is 5.94. The van der Waals surface area contributed by atoms with Gasteiger partial charge in [-0.25, -0.2) is 4.98 Å². The van der Waals surface area contributed by atoms with Crippen molar-refractivity contribution >= 4 is 16.8 Å². The first-order valence-electron chi connectivity index (χ1n) is 9.19. The molecule has 1 N–H and O–H groups in total. The maximum absolute atomic E-state index is 14.1. The Morgan fingerprint density at radius 2 is 1.87 bits per heavy atom. The summed E-state index contributed by atoms with van der Waals surface area (Å²) in [6.07, 6.45) is 0.882. The third kappa shape index (κ3) is 3.94. The Balaban J connectivity index is 1.72. The Morgan fingerprint density at radius 3 is 2.52 bits per heavy atom. The molecule has 0 spiro atoms. The summed E-state index contributed by atoms with van der Waals surface area (Å²) in [5.74, 6) is -1.48. The second kappa shape index (κ2) is 7.76. The minimum Gasteiger partial charge on any atom is -0.451 e. The zero-order valence-electron chi connectivity index (χ0n) is 16.4. The SMILES string of the molecule is CC(C)=C(Nc1cnc(-c2c(C(F)(F)F)oc3ccccc23)cn1)C1=CC=C=C=C1F. The van der Waals surface area contributed by atoms with Crippen molar-refractivity contribution < 1.29 is 22.0 Å². The molecule has 0 radical (unpaired) electrons. The van der Waals surface area contributed by atoms with E-state index in [1.165, 1.54) is 36.7 Å². The van der Waals surface area contributed by atoms with Gasteiger partial charge in [-0.1, -0.05) is 29.5 Å². The van der Waals surface area contributed by atoms with E-state index in [4.69, 9.17) is 4.42 Å². The first-order chi connectivity index (χ1) is 14.8. The number of alkyl halides is 3. The minimum absolute atomic E-state index is 0.00963. The van der Waals surface area contributed by atoms with Crippen LogP contribution in [-0.4, -0.2) is 9.97 Å². The van der Waals surface area contributed by atoms with Crippen LogP contribution in [0.4, 0.5) is 23.4 Å². The van der Waals surface area contributed by atoms with Crippen molar-refractivity contribution in [3.63, 3.8) is 0 Å². The van der Waals surface area contributed by atoms with Crippen molar-refractivity contribution in [2.75, 3.05) is 5.32 Å². The van der Waals surface area contributed by atoms with Crippen molar-refractivity contribution in [2.24, 2.45) is 0 Å². The largest absolute Gasteiger partial charge is 0.451 e. The topological polar surface area (TPSA) is 51.0 Å². The fourth-order valence-corrected chi connectivity index (χ4v) is 3.17. The number of benzene rings is 1. The van der Waals surface area contributed by atoms with Gasteiger partial charge in [-0.3, -0.25) is 4.98 Å². The van der Waals surface area contributed by atoms with E-state index in [0.29, 0.717) is 5.70 Å². The predicted octanol–water partition coefficient (Wildman–Crippen LogP) is 6.72. The lowest BCUT2D eigenvalue weighted by Crippen LogP contribution is -2.08. The zero-order chi connectivity index (χ0) is 22.2. The van der Waals surface area contributed by atoms with E-state index < -0.39 is 17.8 Å². The molecule has 0 bridgehead atoms. The van der Waals surface area contributed by atoms with Crippen LogP contribution in [0.15, 0.2) is 87.4 Å². The number of hydrogen-bond acceptors (Lipinski definition) is 4. The summed E-state index contributed by atoms with van der Waals surface area (Å²) in [5, 5.41) is 3.26. The molecular formula is C23H15F4N3O. The molecule has 4 rings (SSSR count). The zero-order valence-corrected chi connectivity index (χ0v) is 16.4. The molecule has 2 aromatic heterocycles. The summed E-state index contributed by atoms with van der Waals surface area (Å²) >= 11 is 0. The molecule has 0 saturated heterocycles. The van der Waals surface area contributed by atoms with Gasteiger partial charge in [0.2, 0.25) is 5.76 Å². The molecule has 2 heterocycles. The van der Waals surface area contributed by atoms with E-state index in [2.05, 4.69) is 26.7 Å². The van der Waals surface area contributed by atoms with E-state index >= 15 is 0 Å². The average Bonchev–Trinajstić information content (AvgIpc) is 3.13. The lowest BCUT2D eigenvalue weighted by atomic mass is 10.1. The third-order valence-corrected chi connectivity index (χ3v) is 4.54. The summed E-state index contributed by atoms with van der Waals surface area (Å²) in [5.41, 5.74) is 6.33. The summed E-state index contributed by atoms with van der Waals surface area (Å²) < 4.78 is 59.8. The Bertz CT molecular complexity index is 1330. The molecule has 31 heavy (non-hydrogen) atoms. The van der Waals surface area contributed by atoms with Crippen molar-refractivity contribution in [1.82, 2.24) is 9.97 Å². The van der Waals surface area contributed by atoms with Crippen LogP contribution >= 0.6 is 0 Å². The van der Waals surface area contributed by atoms with Crippen LogP contribution in [0.1, 0.15) is 19.6 Å². The van der Waals surface area contributed by atoms with Gasteiger partial charge >= 0.3 is 6.18 Å². The molecule has 0 amide bonds. The number of fused-ring (bicyclic) bond motifs is 1. The monoisotopic (exact) mass is 425 g/mol. The van der Waals surface area contributed by atoms with Gasteiger partial charge < -0.3 is 9.73 Å². The lowest BCUT2D eigenvalue weighted by molar-refractivity contribution is -0.151. The molecular weight excluding hydrogens is 410 g/mol. The molecule has 0 unspecified atom stereocenters. The van der Waals surface area contributed by atoms with Crippen LogP contribution in [0, 0.1) is 0 Å². The van der Waals surface area contributed by atoms with Gasteiger partial charge in [-0.15, -0.1) is 0 Å². The fraction of sp³-hybridized carbons (Fsp3) is 0.130. The van der Waals surface area contributed by atoms with Crippen molar-refractivity contribution in [1.29, 1.82) is 0 Å². The van der Waals surface area contributed by atoms with Crippen molar-refractivity contribution in [3.8, 4) is 11.3 Å². The highest BCUT2D eigenvalue weighted by Gasteiger charge is 2.40. The van der Waals surface area contributed by atoms with Gasteiger partial charge in [-0.2, -0.15) is 17.6 Å². The maximum Gasteiger partial charge on any atom is 0.450 e. The van der Waals surface area contributed by atoms with Crippen LogP contribution in [0.5, 0.6) is 0 Å². The number of aromatic nitrogens is 2. The number of anilines is 1. The highest BCUT2D eigenvalue weighted by Crippen LogP contribution is 2.42. The quantitative estimate of drug-likeness (QED) is 0.373. The van der Waals surface area contributed by atoms with Crippen LogP contribution in [0.3, 0.4) is 0 Å². The van der Waals surface area contributed by atoms with Crippen LogP contribution in [0.2, 0.25) is 0 Å². The third-order valence-electron chi connectivity index (χ3n) is 4.54. The Labute approximate surface area is 174 Å². The van der Waals surface area contributed by atoms with E-state index in [9.17, 15) is 17.6 Å². The Kier molecular flexibility index (Phi) is 5.11. The minimum atomic E-state index is -4.69. The number of para-hydroxylation sites is 1. The number of nitrogens with zero attached hydrogens (tertiary/aromatic N) is 2. The number of furan rings is 1.